The quantitative estimate of drug-likeness (QED) is 0.521. The van der Waals surface area contributed by atoms with Crippen LogP contribution in [0.2, 0.25) is 0 Å². The van der Waals surface area contributed by atoms with Crippen LogP contribution in [0.15, 0.2) is 81.7 Å². The number of carbonyl (C=O) groups excluding carboxylic acids is 1. The molecule has 5 nitrogen and oxygen atoms in total. The molecule has 1 aliphatic rings. The monoisotopic (exact) mass is 413 g/mol. The molecule has 0 saturated heterocycles. The Kier molecular flexibility index (Phi) is 6.16. The number of rotatable bonds is 6. The summed E-state index contributed by atoms with van der Waals surface area (Å²) in [5.74, 6) is -0.0316. The van der Waals surface area contributed by atoms with E-state index in [1.54, 1.807) is 24.3 Å². The summed E-state index contributed by atoms with van der Waals surface area (Å²) in [6.45, 7) is 3.84. The van der Waals surface area contributed by atoms with E-state index in [2.05, 4.69) is 5.16 Å². The fourth-order valence-electron chi connectivity index (χ4n) is 2.51. The van der Waals surface area contributed by atoms with Gasteiger partial charge in [-0.2, -0.15) is 8.42 Å². The zero-order chi connectivity index (χ0) is 20.1. The Morgan fingerprint density at radius 3 is 2.50 bits per heavy atom. The van der Waals surface area contributed by atoms with Gasteiger partial charge in [0.25, 0.3) is 0 Å². The van der Waals surface area contributed by atoms with Crippen molar-refractivity contribution in [3.63, 3.8) is 0 Å². The van der Waals surface area contributed by atoms with Gasteiger partial charge in [0.1, 0.15) is 9.94 Å². The van der Waals surface area contributed by atoms with Crippen molar-refractivity contribution in [3.8, 4) is 0 Å². The molecule has 2 aromatic carbocycles. The average molecular weight is 414 g/mol. The second-order valence-electron chi connectivity index (χ2n) is 6.32. The molecular formula is C21H19NO4S2. The van der Waals surface area contributed by atoms with E-state index in [1.807, 2.05) is 38.1 Å². The topological polar surface area (TPSA) is 72.8 Å². The molecule has 0 N–H and O–H groups in total. The SMILES string of the molecule is Cc1ccc(S(=O)(=O)ON=C2C=CC(=CC(=O)Cc3ccccc3C)S2)cc1. The van der Waals surface area contributed by atoms with E-state index in [1.165, 1.54) is 30.0 Å². The van der Waals surface area contributed by atoms with E-state index < -0.39 is 10.1 Å². The number of carbonyl (C=O) groups is 1. The van der Waals surface area contributed by atoms with Crippen molar-refractivity contribution in [1.82, 2.24) is 0 Å². The summed E-state index contributed by atoms with van der Waals surface area (Å²) in [5, 5.41) is 4.07. The minimum absolute atomic E-state index is 0.0316. The molecular weight excluding hydrogens is 394 g/mol. The Morgan fingerprint density at radius 1 is 1.07 bits per heavy atom. The van der Waals surface area contributed by atoms with Crippen LogP contribution in [-0.2, 0) is 25.6 Å². The number of benzene rings is 2. The van der Waals surface area contributed by atoms with Crippen molar-refractivity contribution in [3.05, 3.63) is 88.4 Å². The Hall–Kier alpha value is -2.64. The molecule has 0 saturated carbocycles. The van der Waals surface area contributed by atoms with Gasteiger partial charge >= 0.3 is 10.1 Å². The highest BCUT2D eigenvalue weighted by Crippen LogP contribution is 2.27. The molecule has 7 heteroatoms. The third-order valence-corrected chi connectivity index (χ3v) is 6.11. The largest absolute Gasteiger partial charge is 0.358 e. The third kappa shape index (κ3) is 5.21. The normalized spacial score (nSPS) is 16.6. The highest BCUT2D eigenvalue weighted by Gasteiger charge is 2.17. The van der Waals surface area contributed by atoms with Gasteiger partial charge in [-0.1, -0.05) is 58.9 Å². The van der Waals surface area contributed by atoms with Gasteiger partial charge in [-0.3, -0.25) is 9.08 Å². The van der Waals surface area contributed by atoms with Crippen LogP contribution < -0.4 is 0 Å². The van der Waals surface area contributed by atoms with Gasteiger partial charge in [0.2, 0.25) is 0 Å². The maximum atomic E-state index is 12.3. The van der Waals surface area contributed by atoms with Crippen LogP contribution in [-0.4, -0.2) is 19.2 Å². The molecule has 28 heavy (non-hydrogen) atoms. The summed E-state index contributed by atoms with van der Waals surface area (Å²) in [4.78, 5) is 13.0. The van der Waals surface area contributed by atoms with E-state index in [-0.39, 0.29) is 10.7 Å². The van der Waals surface area contributed by atoms with Gasteiger partial charge in [-0.05, 0) is 55.3 Å². The van der Waals surface area contributed by atoms with E-state index in [9.17, 15) is 13.2 Å². The van der Waals surface area contributed by atoms with Crippen LogP contribution in [0.3, 0.4) is 0 Å². The minimum Gasteiger partial charge on any atom is -0.294 e. The summed E-state index contributed by atoms with van der Waals surface area (Å²) in [5.41, 5.74) is 3.00. The Morgan fingerprint density at radius 2 is 1.79 bits per heavy atom. The number of oxime groups is 1. The molecule has 144 valence electrons. The van der Waals surface area contributed by atoms with Crippen molar-refractivity contribution in [2.24, 2.45) is 5.16 Å². The van der Waals surface area contributed by atoms with Gasteiger partial charge in [-0.25, -0.2) is 0 Å². The fourth-order valence-corrected chi connectivity index (χ4v) is 4.07. The second kappa shape index (κ2) is 8.58. The minimum atomic E-state index is -3.97. The van der Waals surface area contributed by atoms with Crippen molar-refractivity contribution in [2.75, 3.05) is 0 Å². The van der Waals surface area contributed by atoms with Crippen LogP contribution in [0.25, 0.3) is 0 Å². The molecule has 2 aromatic rings. The van der Waals surface area contributed by atoms with Crippen LogP contribution in [0.4, 0.5) is 0 Å². The molecule has 0 spiro atoms. The predicted molar refractivity (Wildman–Crippen MR) is 112 cm³/mol. The van der Waals surface area contributed by atoms with E-state index >= 15 is 0 Å². The average Bonchev–Trinajstić information content (AvgIpc) is 3.10. The number of nitrogens with zero attached hydrogens (tertiary/aromatic N) is 1. The van der Waals surface area contributed by atoms with Gasteiger partial charge in [0.15, 0.2) is 5.78 Å². The van der Waals surface area contributed by atoms with Crippen molar-refractivity contribution >= 4 is 32.7 Å². The molecule has 0 aliphatic carbocycles. The lowest BCUT2D eigenvalue weighted by Gasteiger charge is -2.03. The lowest BCUT2D eigenvalue weighted by Crippen LogP contribution is -2.03. The molecule has 0 amide bonds. The number of hydrogen-bond donors (Lipinski definition) is 0. The van der Waals surface area contributed by atoms with Gasteiger partial charge in [0.05, 0.1) is 0 Å². The molecule has 1 aliphatic heterocycles. The fraction of sp³-hybridized carbons (Fsp3) is 0.143. The Balaban J connectivity index is 1.62. The molecule has 0 bridgehead atoms. The van der Waals surface area contributed by atoms with Gasteiger partial charge in [0, 0.05) is 11.3 Å². The Bertz CT molecular complexity index is 1080. The maximum Gasteiger partial charge on any atom is 0.358 e. The third-order valence-electron chi connectivity index (χ3n) is 4.08. The van der Waals surface area contributed by atoms with E-state index in [4.69, 9.17) is 4.28 Å². The van der Waals surface area contributed by atoms with Crippen molar-refractivity contribution < 1.29 is 17.5 Å². The van der Waals surface area contributed by atoms with Gasteiger partial charge in [-0.15, -0.1) is 0 Å². The highest BCUT2D eigenvalue weighted by atomic mass is 32.2. The summed E-state index contributed by atoms with van der Waals surface area (Å²) < 4.78 is 29.1. The van der Waals surface area contributed by atoms with Crippen LogP contribution in [0.1, 0.15) is 16.7 Å². The Labute approximate surface area is 168 Å². The molecule has 0 aromatic heterocycles. The first kappa shape index (κ1) is 20.1. The standard InChI is InChI=1S/C21H19NO4S2/c1-15-7-10-20(11-8-15)28(24,25)26-22-21-12-9-19(27-21)14-18(23)13-17-6-4-3-5-16(17)2/h3-12,14H,13H2,1-2H3. The van der Waals surface area contributed by atoms with Crippen molar-refractivity contribution in [1.29, 1.82) is 0 Å². The summed E-state index contributed by atoms with van der Waals surface area (Å²) in [6, 6.07) is 14.1. The molecule has 0 unspecified atom stereocenters. The van der Waals surface area contributed by atoms with E-state index in [0.717, 1.165) is 16.7 Å². The summed E-state index contributed by atoms with van der Waals surface area (Å²) in [6.07, 6.45) is 5.17. The molecule has 3 rings (SSSR count). The summed E-state index contributed by atoms with van der Waals surface area (Å²) >= 11 is 1.18. The molecule has 0 fully saturated rings. The van der Waals surface area contributed by atoms with Gasteiger partial charge < -0.3 is 0 Å². The lowest BCUT2D eigenvalue weighted by atomic mass is 10.0. The smallest absolute Gasteiger partial charge is 0.294 e. The molecule has 0 atom stereocenters. The first-order valence-corrected chi connectivity index (χ1v) is 10.8. The van der Waals surface area contributed by atoms with Crippen LogP contribution >= 0.6 is 11.8 Å². The maximum absolute atomic E-state index is 12.3. The van der Waals surface area contributed by atoms with Crippen molar-refractivity contribution in [2.45, 2.75) is 25.2 Å². The van der Waals surface area contributed by atoms with Crippen LogP contribution in [0.5, 0.6) is 0 Å². The highest BCUT2D eigenvalue weighted by molar-refractivity contribution is 8.18. The zero-order valence-corrected chi connectivity index (χ0v) is 17.1. The number of hydrogen-bond acceptors (Lipinski definition) is 6. The molecule has 1 heterocycles. The first-order chi connectivity index (χ1) is 13.3. The van der Waals surface area contributed by atoms with E-state index in [0.29, 0.717) is 16.4 Å². The summed E-state index contributed by atoms with van der Waals surface area (Å²) in [7, 11) is -3.97. The zero-order valence-electron chi connectivity index (χ0n) is 15.5. The number of thioether (sulfide) groups is 1. The number of aryl methyl sites for hydroxylation is 2. The first-order valence-electron chi connectivity index (χ1n) is 8.57. The molecule has 0 radical (unpaired) electrons. The predicted octanol–water partition coefficient (Wildman–Crippen LogP) is 4.32. The lowest BCUT2D eigenvalue weighted by molar-refractivity contribution is -0.114. The number of allylic oxidation sites excluding steroid dienone is 2. The second-order valence-corrected chi connectivity index (χ2v) is 8.95. The number of ketones is 1. The van der Waals surface area contributed by atoms with Crippen LogP contribution in [0, 0.1) is 13.8 Å².